The summed E-state index contributed by atoms with van der Waals surface area (Å²) in [6, 6.07) is 0. The maximum atomic E-state index is 8.69. The summed E-state index contributed by atoms with van der Waals surface area (Å²) in [6.45, 7) is 3.32. The second-order valence-electron chi connectivity index (χ2n) is 2.44. The van der Waals surface area contributed by atoms with Crippen LogP contribution in [-0.4, -0.2) is 43.4 Å². The number of aliphatic hydroxyl groups is 1. The molecule has 0 saturated carbocycles. The summed E-state index contributed by atoms with van der Waals surface area (Å²) in [5.41, 5.74) is 0. The van der Waals surface area contributed by atoms with Crippen molar-refractivity contribution in [2.45, 2.75) is 6.10 Å². The third-order valence-corrected chi connectivity index (χ3v) is 3.52. The van der Waals surface area contributed by atoms with E-state index in [2.05, 4.69) is 6.66 Å². The Morgan fingerprint density at radius 1 is 1.78 bits per heavy atom. The zero-order chi connectivity index (χ0) is 6.69. The van der Waals surface area contributed by atoms with Crippen molar-refractivity contribution >= 4 is 7.92 Å². The van der Waals surface area contributed by atoms with E-state index in [1.807, 2.05) is 0 Å². The summed E-state index contributed by atoms with van der Waals surface area (Å²) in [5, 5.41) is 8.69. The third kappa shape index (κ3) is 2.21. The van der Waals surface area contributed by atoms with Gasteiger partial charge in [-0.1, -0.05) is 0 Å². The van der Waals surface area contributed by atoms with E-state index in [-0.39, 0.29) is 20.6 Å². The van der Waals surface area contributed by atoms with E-state index < -0.39 is 0 Å². The Bertz CT molecular complexity index is 87.1. The fourth-order valence-corrected chi connectivity index (χ4v) is 2.49. The highest BCUT2D eigenvalue weighted by atomic mass is 31.1. The Kier molecular flexibility index (Phi) is 2.90. The summed E-state index contributed by atoms with van der Waals surface area (Å²) in [7, 11) is 0.178. The lowest BCUT2D eigenvalue weighted by atomic mass is 10.4. The van der Waals surface area contributed by atoms with Crippen molar-refractivity contribution in [1.82, 2.24) is 0 Å². The van der Waals surface area contributed by atoms with Crippen LogP contribution in [0.5, 0.6) is 0 Å². The smallest absolute Gasteiger partial charge is 0.0844 e. The van der Waals surface area contributed by atoms with Gasteiger partial charge in [0.25, 0.3) is 0 Å². The highest BCUT2D eigenvalue weighted by Crippen LogP contribution is 2.34. The first-order valence-corrected chi connectivity index (χ1v) is 5.40. The first-order chi connectivity index (χ1) is 4.33. The van der Waals surface area contributed by atoms with Crippen molar-refractivity contribution in [2.24, 2.45) is 0 Å². The lowest BCUT2D eigenvalue weighted by molar-refractivity contribution is 0.0304. The van der Waals surface area contributed by atoms with Gasteiger partial charge in [-0.3, -0.25) is 0 Å². The topological polar surface area (TPSA) is 29.5 Å². The van der Waals surface area contributed by atoms with E-state index >= 15 is 0 Å². The molecule has 9 heavy (non-hydrogen) atoms. The molecule has 0 aromatic heterocycles. The van der Waals surface area contributed by atoms with Crippen LogP contribution >= 0.6 is 7.92 Å². The van der Waals surface area contributed by atoms with Gasteiger partial charge in [-0.15, -0.1) is 7.92 Å². The zero-order valence-electron chi connectivity index (χ0n) is 5.71. The van der Waals surface area contributed by atoms with Crippen LogP contribution in [0.2, 0.25) is 0 Å². The van der Waals surface area contributed by atoms with Gasteiger partial charge in [0.2, 0.25) is 0 Å². The molecule has 0 spiro atoms. The molecule has 2 nitrogen and oxygen atoms in total. The molecule has 0 aliphatic carbocycles. The Morgan fingerprint density at radius 3 is 3.00 bits per heavy atom. The van der Waals surface area contributed by atoms with Crippen LogP contribution < -0.4 is 0 Å². The second kappa shape index (κ2) is 3.50. The van der Waals surface area contributed by atoms with Crippen LogP contribution in [0.1, 0.15) is 0 Å². The molecule has 0 bridgehead atoms. The first-order valence-electron chi connectivity index (χ1n) is 3.24. The summed E-state index contributed by atoms with van der Waals surface area (Å²) in [4.78, 5) is 0. The van der Waals surface area contributed by atoms with Crippen molar-refractivity contribution in [3.05, 3.63) is 0 Å². The molecule has 2 atom stereocenters. The molecule has 54 valence electrons. The molecular weight excluding hydrogens is 135 g/mol. The standard InChI is InChI=1S/C6H13O2P/c1-9-3-2-8-6(4-7)5-9/h6-7H,2-5H2,1H3/t6-,9?/m1/s1. The number of hydrogen-bond donors (Lipinski definition) is 1. The fourth-order valence-electron chi connectivity index (χ4n) is 0.977. The molecule has 1 aliphatic heterocycles. The lowest BCUT2D eigenvalue weighted by Gasteiger charge is -2.25. The van der Waals surface area contributed by atoms with Crippen molar-refractivity contribution in [3.63, 3.8) is 0 Å². The SMILES string of the molecule is CP1CCO[C@H](CO)C1. The molecule has 0 radical (unpaired) electrons. The predicted octanol–water partition coefficient (Wildman–Crippen LogP) is 0.489. The van der Waals surface area contributed by atoms with Gasteiger partial charge in [-0.05, 0) is 19.0 Å². The molecule has 1 rings (SSSR count). The Morgan fingerprint density at radius 2 is 2.56 bits per heavy atom. The summed E-state index contributed by atoms with van der Waals surface area (Å²) >= 11 is 0. The Labute approximate surface area is 57.0 Å². The van der Waals surface area contributed by atoms with Crippen LogP contribution in [0.3, 0.4) is 0 Å². The van der Waals surface area contributed by atoms with E-state index in [0.717, 1.165) is 12.8 Å². The van der Waals surface area contributed by atoms with Gasteiger partial charge in [0.15, 0.2) is 0 Å². The van der Waals surface area contributed by atoms with Gasteiger partial charge in [0, 0.05) is 0 Å². The van der Waals surface area contributed by atoms with E-state index in [4.69, 9.17) is 9.84 Å². The summed E-state index contributed by atoms with van der Waals surface area (Å²) in [6.07, 6.45) is 2.45. The minimum atomic E-state index is 0.148. The van der Waals surface area contributed by atoms with Crippen LogP contribution in [-0.2, 0) is 4.74 Å². The van der Waals surface area contributed by atoms with Crippen molar-refractivity contribution in [3.8, 4) is 0 Å². The zero-order valence-corrected chi connectivity index (χ0v) is 6.60. The largest absolute Gasteiger partial charge is 0.394 e. The average molecular weight is 148 g/mol. The minimum Gasteiger partial charge on any atom is -0.394 e. The maximum absolute atomic E-state index is 8.69. The predicted molar refractivity (Wildman–Crippen MR) is 39.4 cm³/mol. The van der Waals surface area contributed by atoms with E-state index in [1.54, 1.807) is 0 Å². The molecule has 3 heteroatoms. The van der Waals surface area contributed by atoms with Crippen LogP contribution in [0.4, 0.5) is 0 Å². The van der Waals surface area contributed by atoms with E-state index in [0.29, 0.717) is 0 Å². The molecule has 1 fully saturated rings. The molecule has 1 N–H and O–H groups in total. The van der Waals surface area contributed by atoms with Crippen LogP contribution in [0, 0.1) is 0 Å². The monoisotopic (exact) mass is 148 g/mol. The van der Waals surface area contributed by atoms with Crippen molar-refractivity contribution in [1.29, 1.82) is 0 Å². The van der Waals surface area contributed by atoms with E-state index in [9.17, 15) is 0 Å². The number of hydrogen-bond acceptors (Lipinski definition) is 2. The first kappa shape index (κ1) is 7.46. The van der Waals surface area contributed by atoms with Crippen LogP contribution in [0.15, 0.2) is 0 Å². The minimum absolute atomic E-state index is 0.148. The Hall–Kier alpha value is 0.350. The highest BCUT2D eigenvalue weighted by Gasteiger charge is 2.17. The summed E-state index contributed by atoms with van der Waals surface area (Å²) in [5.74, 6) is 0. The molecule has 0 amide bonds. The van der Waals surface area contributed by atoms with Gasteiger partial charge < -0.3 is 9.84 Å². The quantitative estimate of drug-likeness (QED) is 0.548. The van der Waals surface area contributed by atoms with Crippen LogP contribution in [0.25, 0.3) is 0 Å². The molecule has 1 unspecified atom stereocenters. The second-order valence-corrected chi connectivity index (χ2v) is 4.96. The molecule has 1 aliphatic rings. The van der Waals surface area contributed by atoms with Gasteiger partial charge in [-0.2, -0.15) is 0 Å². The van der Waals surface area contributed by atoms with Gasteiger partial charge >= 0.3 is 0 Å². The van der Waals surface area contributed by atoms with E-state index in [1.165, 1.54) is 6.16 Å². The maximum Gasteiger partial charge on any atom is 0.0844 e. The molecule has 0 aromatic rings. The lowest BCUT2D eigenvalue weighted by Crippen LogP contribution is -2.27. The third-order valence-electron chi connectivity index (χ3n) is 1.55. The van der Waals surface area contributed by atoms with Gasteiger partial charge in [-0.25, -0.2) is 0 Å². The molecule has 1 saturated heterocycles. The van der Waals surface area contributed by atoms with Crippen molar-refractivity contribution in [2.75, 3.05) is 32.2 Å². The van der Waals surface area contributed by atoms with Gasteiger partial charge in [0.05, 0.1) is 19.3 Å². The number of rotatable bonds is 1. The summed E-state index contributed by atoms with van der Waals surface area (Å²) < 4.78 is 5.26. The number of aliphatic hydroxyl groups excluding tert-OH is 1. The van der Waals surface area contributed by atoms with Crippen molar-refractivity contribution < 1.29 is 9.84 Å². The molecule has 1 heterocycles. The normalized spacial score (nSPS) is 36.7. The average Bonchev–Trinajstić information content (AvgIpc) is 1.88. The molecular formula is C6H13O2P. The fraction of sp³-hybridized carbons (Fsp3) is 1.00. The highest BCUT2D eigenvalue weighted by molar-refractivity contribution is 7.56. The molecule has 0 aromatic carbocycles. The van der Waals surface area contributed by atoms with Gasteiger partial charge in [0.1, 0.15) is 0 Å². The number of ether oxygens (including phenoxy) is 1. The Balaban J connectivity index is 2.23.